The van der Waals surface area contributed by atoms with E-state index >= 15 is 0 Å². The number of allylic oxidation sites excluding steroid dienone is 18. The van der Waals surface area contributed by atoms with Crippen LogP contribution < -0.4 is 0 Å². The number of esters is 3. The molecule has 1 atom stereocenters. The van der Waals surface area contributed by atoms with Crippen LogP contribution in [0.25, 0.3) is 0 Å². The highest BCUT2D eigenvalue weighted by molar-refractivity contribution is 5.71. The first-order chi connectivity index (χ1) is 38.0. The van der Waals surface area contributed by atoms with Crippen LogP contribution in [0.5, 0.6) is 0 Å². The molecule has 0 rings (SSSR count). The van der Waals surface area contributed by atoms with E-state index in [2.05, 4.69) is 130 Å². The Morgan fingerprint density at radius 3 is 0.792 bits per heavy atom. The maximum absolute atomic E-state index is 12.9. The quantitative estimate of drug-likeness (QED) is 0.0261. The summed E-state index contributed by atoms with van der Waals surface area (Å²) in [4.78, 5) is 38.3. The predicted octanol–water partition coefficient (Wildman–Crippen LogP) is 22.2. The Labute approximate surface area is 476 Å². The SMILES string of the molecule is CC/C=C\C/C=C\C/C=C\C/C=C\CCCCCCCCCCCCCCCCC(=O)OCC(COC(=O)CCCCCCC/C=C\C/C=C\CCCCC)OC(=O)CCCCCCCCC/C=C\C/C=C\C/C=C\CC. The standard InChI is InChI=1S/C71H120O6/c1-4-7-10-13-16-19-22-25-28-30-31-32-33-34-35-36-37-38-39-41-43-46-49-52-55-58-61-64-70(73)76-67-68(66-75-69(72)63-60-57-54-51-48-45-42-27-24-21-18-15-12-9-6-3)77-71(74)65-62-59-56-53-50-47-44-40-29-26-23-20-17-14-11-8-5-2/h7-8,10-11,16-21,25-29,31-32,42,68H,4-6,9,12-15,22-24,30,33-41,43-67H2,1-3H3/b10-7-,11-8-,19-16-,20-17-,21-18-,28-25-,29-26-,32-31-,42-27-. The number of carbonyl (C=O) groups excluding carboxylic acids is 3. The molecular formula is C71H120O6. The fourth-order valence-corrected chi connectivity index (χ4v) is 8.95. The van der Waals surface area contributed by atoms with E-state index in [1.54, 1.807) is 0 Å². The Morgan fingerprint density at radius 2 is 0.506 bits per heavy atom. The molecule has 440 valence electrons. The molecule has 0 radical (unpaired) electrons. The molecule has 0 aromatic carbocycles. The van der Waals surface area contributed by atoms with Gasteiger partial charge in [-0.1, -0.05) is 271 Å². The summed E-state index contributed by atoms with van der Waals surface area (Å²) in [5, 5.41) is 0. The summed E-state index contributed by atoms with van der Waals surface area (Å²) in [6.07, 6.45) is 88.1. The van der Waals surface area contributed by atoms with Crippen LogP contribution in [0.4, 0.5) is 0 Å². The molecule has 0 aliphatic heterocycles. The van der Waals surface area contributed by atoms with Crippen molar-refractivity contribution in [2.24, 2.45) is 0 Å². The molecule has 0 saturated carbocycles. The van der Waals surface area contributed by atoms with Gasteiger partial charge in [0.25, 0.3) is 0 Å². The number of hydrogen-bond donors (Lipinski definition) is 0. The Hall–Kier alpha value is -3.93. The van der Waals surface area contributed by atoms with Gasteiger partial charge in [0.2, 0.25) is 0 Å². The van der Waals surface area contributed by atoms with Crippen molar-refractivity contribution in [2.75, 3.05) is 13.2 Å². The van der Waals surface area contributed by atoms with Crippen LogP contribution in [0.15, 0.2) is 109 Å². The normalized spacial score (nSPS) is 12.8. The Bertz CT molecular complexity index is 1560. The van der Waals surface area contributed by atoms with Crippen molar-refractivity contribution in [3.8, 4) is 0 Å². The smallest absolute Gasteiger partial charge is 0.306 e. The molecule has 1 unspecified atom stereocenters. The second-order valence-corrected chi connectivity index (χ2v) is 21.3. The van der Waals surface area contributed by atoms with Crippen molar-refractivity contribution in [3.05, 3.63) is 109 Å². The largest absolute Gasteiger partial charge is 0.462 e. The number of ether oxygens (including phenoxy) is 3. The third-order valence-corrected chi connectivity index (χ3v) is 13.7. The van der Waals surface area contributed by atoms with E-state index in [1.165, 1.54) is 128 Å². The highest BCUT2D eigenvalue weighted by Crippen LogP contribution is 2.16. The van der Waals surface area contributed by atoms with Crippen molar-refractivity contribution in [1.82, 2.24) is 0 Å². The van der Waals surface area contributed by atoms with E-state index in [0.29, 0.717) is 19.3 Å². The van der Waals surface area contributed by atoms with Crippen LogP contribution in [-0.4, -0.2) is 37.2 Å². The summed E-state index contributed by atoms with van der Waals surface area (Å²) >= 11 is 0. The lowest BCUT2D eigenvalue weighted by Gasteiger charge is -2.18. The summed E-state index contributed by atoms with van der Waals surface area (Å²) < 4.78 is 16.9. The molecule has 0 amide bonds. The van der Waals surface area contributed by atoms with Crippen LogP contribution in [0.2, 0.25) is 0 Å². The fourth-order valence-electron chi connectivity index (χ4n) is 8.95. The lowest BCUT2D eigenvalue weighted by Crippen LogP contribution is -2.30. The monoisotopic (exact) mass is 1070 g/mol. The van der Waals surface area contributed by atoms with Gasteiger partial charge in [-0.3, -0.25) is 14.4 Å². The molecule has 0 aromatic heterocycles. The number of carbonyl (C=O) groups is 3. The second kappa shape index (κ2) is 64.6. The fraction of sp³-hybridized carbons (Fsp3) is 0.704. The van der Waals surface area contributed by atoms with Gasteiger partial charge in [0.05, 0.1) is 0 Å². The van der Waals surface area contributed by atoms with Gasteiger partial charge >= 0.3 is 17.9 Å². The Kier molecular flexibility index (Phi) is 61.3. The Morgan fingerprint density at radius 1 is 0.273 bits per heavy atom. The van der Waals surface area contributed by atoms with E-state index in [0.717, 1.165) is 135 Å². The van der Waals surface area contributed by atoms with Crippen molar-refractivity contribution >= 4 is 17.9 Å². The van der Waals surface area contributed by atoms with Gasteiger partial charge in [0.1, 0.15) is 13.2 Å². The van der Waals surface area contributed by atoms with Gasteiger partial charge in [-0.05, 0) is 122 Å². The van der Waals surface area contributed by atoms with Crippen LogP contribution >= 0.6 is 0 Å². The first-order valence-corrected chi connectivity index (χ1v) is 32.4. The summed E-state index contributed by atoms with van der Waals surface area (Å²) in [5.41, 5.74) is 0. The second-order valence-electron chi connectivity index (χ2n) is 21.3. The van der Waals surface area contributed by atoms with E-state index in [1.807, 2.05) is 0 Å². The number of unbranched alkanes of at least 4 members (excludes halogenated alkanes) is 29. The van der Waals surface area contributed by atoms with Crippen molar-refractivity contribution in [1.29, 1.82) is 0 Å². The average molecular weight is 1070 g/mol. The zero-order valence-corrected chi connectivity index (χ0v) is 50.4. The molecule has 0 aliphatic carbocycles. The Balaban J connectivity index is 4.32. The molecule has 0 heterocycles. The van der Waals surface area contributed by atoms with Gasteiger partial charge in [0, 0.05) is 19.3 Å². The minimum atomic E-state index is -0.792. The van der Waals surface area contributed by atoms with Crippen molar-refractivity contribution < 1.29 is 28.6 Å². The molecule has 0 fully saturated rings. The molecule has 0 aromatic rings. The van der Waals surface area contributed by atoms with E-state index < -0.39 is 6.10 Å². The van der Waals surface area contributed by atoms with Gasteiger partial charge in [0.15, 0.2) is 6.10 Å². The first kappa shape index (κ1) is 73.1. The summed E-state index contributed by atoms with van der Waals surface area (Å²) in [7, 11) is 0. The van der Waals surface area contributed by atoms with Gasteiger partial charge in [-0.2, -0.15) is 0 Å². The molecule has 0 saturated heterocycles. The zero-order valence-electron chi connectivity index (χ0n) is 50.4. The van der Waals surface area contributed by atoms with Gasteiger partial charge in [-0.25, -0.2) is 0 Å². The maximum atomic E-state index is 12.9. The molecular weight excluding hydrogens is 949 g/mol. The molecule has 0 N–H and O–H groups in total. The van der Waals surface area contributed by atoms with Crippen LogP contribution in [0, 0.1) is 0 Å². The summed E-state index contributed by atoms with van der Waals surface area (Å²) in [6.45, 7) is 6.39. The summed E-state index contributed by atoms with van der Waals surface area (Å²) in [5.74, 6) is -0.903. The van der Waals surface area contributed by atoms with E-state index in [-0.39, 0.29) is 31.1 Å². The number of rotatable bonds is 58. The van der Waals surface area contributed by atoms with Crippen LogP contribution in [0.1, 0.15) is 303 Å². The zero-order chi connectivity index (χ0) is 55.7. The van der Waals surface area contributed by atoms with Crippen molar-refractivity contribution in [3.63, 3.8) is 0 Å². The average Bonchev–Trinajstić information content (AvgIpc) is 3.43. The van der Waals surface area contributed by atoms with Gasteiger partial charge in [-0.15, -0.1) is 0 Å². The molecule has 0 spiro atoms. The predicted molar refractivity (Wildman–Crippen MR) is 334 cm³/mol. The van der Waals surface area contributed by atoms with Crippen LogP contribution in [0.3, 0.4) is 0 Å². The molecule has 6 nitrogen and oxygen atoms in total. The lowest BCUT2D eigenvalue weighted by molar-refractivity contribution is -0.167. The highest BCUT2D eigenvalue weighted by Gasteiger charge is 2.19. The van der Waals surface area contributed by atoms with Crippen molar-refractivity contribution in [2.45, 2.75) is 309 Å². The highest BCUT2D eigenvalue weighted by atomic mass is 16.6. The molecule has 77 heavy (non-hydrogen) atoms. The third-order valence-electron chi connectivity index (χ3n) is 13.7. The lowest BCUT2D eigenvalue weighted by atomic mass is 10.0. The minimum Gasteiger partial charge on any atom is -0.462 e. The number of hydrogen-bond acceptors (Lipinski definition) is 6. The van der Waals surface area contributed by atoms with Gasteiger partial charge < -0.3 is 14.2 Å². The van der Waals surface area contributed by atoms with Crippen LogP contribution in [-0.2, 0) is 28.6 Å². The van der Waals surface area contributed by atoms with E-state index in [9.17, 15) is 14.4 Å². The maximum Gasteiger partial charge on any atom is 0.306 e. The molecule has 0 bridgehead atoms. The molecule has 6 heteroatoms. The topological polar surface area (TPSA) is 78.9 Å². The third kappa shape index (κ3) is 62.8. The molecule has 0 aliphatic rings. The first-order valence-electron chi connectivity index (χ1n) is 32.4. The van der Waals surface area contributed by atoms with E-state index in [4.69, 9.17) is 14.2 Å². The minimum absolute atomic E-state index is 0.0865. The summed E-state index contributed by atoms with van der Waals surface area (Å²) in [6, 6.07) is 0.